The van der Waals surface area contributed by atoms with Crippen LogP contribution >= 0.6 is 11.7 Å². The molecule has 2 aromatic rings. The Morgan fingerprint density at radius 3 is 2.14 bits per heavy atom. The molecule has 0 atom stereocenters. The second-order valence-electron chi connectivity index (χ2n) is 2.29. The van der Waals surface area contributed by atoms with Crippen LogP contribution in [-0.2, 0) is 0 Å². The van der Waals surface area contributed by atoms with E-state index in [-0.39, 0.29) is 0 Å². The van der Waals surface area contributed by atoms with E-state index in [0.717, 1.165) is 11.4 Å². The zero-order chi connectivity index (χ0) is 10.8. The van der Waals surface area contributed by atoms with Crippen LogP contribution in [0.15, 0.2) is 18.5 Å². The van der Waals surface area contributed by atoms with Crippen LogP contribution in [0.25, 0.3) is 0 Å². The molecule has 4 nitrogen and oxygen atoms in total. The van der Waals surface area contributed by atoms with Crippen LogP contribution in [-0.4, -0.2) is 18.9 Å². The van der Waals surface area contributed by atoms with Crippen LogP contribution < -0.4 is 0 Å². The number of hydrogen-bond donors (Lipinski definition) is 1. The third-order valence-corrected chi connectivity index (χ3v) is 1.68. The van der Waals surface area contributed by atoms with E-state index in [2.05, 4.69) is 18.9 Å². The molecule has 0 aromatic carbocycles. The molecule has 0 amide bonds. The average Bonchev–Trinajstić information content (AvgIpc) is 2.83. The topological polar surface area (TPSA) is 54.5 Å². The molecular weight excluding hydrogens is 196 g/mol. The summed E-state index contributed by atoms with van der Waals surface area (Å²) in [6.45, 7) is 7.89. The Balaban J connectivity index is 0.000000206. The first-order valence-corrected chi connectivity index (χ1v) is 5.22. The first kappa shape index (κ1) is 12.8. The van der Waals surface area contributed by atoms with Crippen molar-refractivity contribution in [2.45, 2.75) is 27.7 Å². The Labute approximate surface area is 88.7 Å². The molecule has 0 aliphatic carbocycles. The molecule has 0 aliphatic rings. The van der Waals surface area contributed by atoms with Gasteiger partial charge in [-0.15, -0.1) is 0 Å². The summed E-state index contributed by atoms with van der Waals surface area (Å²) in [7, 11) is 0. The number of aromatic nitrogens is 4. The molecule has 2 aromatic heterocycles. The Morgan fingerprint density at radius 1 is 1.29 bits per heavy atom. The maximum Gasteiger partial charge on any atom is 0.0712 e. The van der Waals surface area contributed by atoms with Crippen molar-refractivity contribution < 1.29 is 0 Å². The SMILES string of the molecule is CC.Cc1ccn[nH]1.Cc1cnsn1. The summed E-state index contributed by atoms with van der Waals surface area (Å²) in [5.74, 6) is 0. The van der Waals surface area contributed by atoms with Crippen molar-refractivity contribution in [1.29, 1.82) is 0 Å². The smallest absolute Gasteiger partial charge is 0.0712 e. The minimum Gasteiger partial charge on any atom is -0.283 e. The van der Waals surface area contributed by atoms with E-state index >= 15 is 0 Å². The standard InChI is InChI=1S/C4H6N2.C3H4N2S.C2H6/c1-4-2-3-5-6-4;1-3-2-4-6-5-3;1-2/h2-3H,1H3,(H,5,6);2H,1H3;1-2H3. The van der Waals surface area contributed by atoms with Crippen LogP contribution in [0.5, 0.6) is 0 Å². The normalized spacial score (nSPS) is 8.00. The highest BCUT2D eigenvalue weighted by Gasteiger charge is 1.78. The lowest BCUT2D eigenvalue weighted by molar-refractivity contribution is 1.05. The molecule has 0 bridgehead atoms. The number of hydrogen-bond acceptors (Lipinski definition) is 4. The fourth-order valence-corrected chi connectivity index (χ4v) is 0.960. The van der Waals surface area contributed by atoms with Crippen molar-refractivity contribution in [2.24, 2.45) is 0 Å². The van der Waals surface area contributed by atoms with Crippen molar-refractivity contribution in [3.8, 4) is 0 Å². The Morgan fingerprint density at radius 2 is 2.00 bits per heavy atom. The van der Waals surface area contributed by atoms with Crippen LogP contribution in [0.3, 0.4) is 0 Å². The minimum atomic E-state index is 1.00. The van der Waals surface area contributed by atoms with Crippen LogP contribution in [0.1, 0.15) is 25.2 Å². The van der Waals surface area contributed by atoms with Crippen LogP contribution in [0, 0.1) is 13.8 Å². The molecule has 0 saturated heterocycles. The second kappa shape index (κ2) is 8.37. The number of rotatable bonds is 0. The van der Waals surface area contributed by atoms with E-state index in [1.165, 1.54) is 11.7 Å². The number of aromatic amines is 1. The van der Waals surface area contributed by atoms with Gasteiger partial charge in [-0.05, 0) is 19.9 Å². The zero-order valence-electron chi connectivity index (χ0n) is 8.98. The average molecular weight is 212 g/mol. The van der Waals surface area contributed by atoms with E-state index in [9.17, 15) is 0 Å². The lowest BCUT2D eigenvalue weighted by Gasteiger charge is -1.68. The van der Waals surface area contributed by atoms with Gasteiger partial charge in [0, 0.05) is 11.9 Å². The lowest BCUT2D eigenvalue weighted by atomic mass is 10.5. The fourth-order valence-electron chi connectivity index (χ4n) is 0.537. The molecule has 0 unspecified atom stereocenters. The van der Waals surface area contributed by atoms with E-state index in [4.69, 9.17) is 0 Å². The van der Waals surface area contributed by atoms with Gasteiger partial charge in [-0.3, -0.25) is 5.10 Å². The molecule has 0 fully saturated rings. The van der Waals surface area contributed by atoms with Crippen molar-refractivity contribution in [2.75, 3.05) is 0 Å². The monoisotopic (exact) mass is 212 g/mol. The van der Waals surface area contributed by atoms with Gasteiger partial charge < -0.3 is 0 Å². The Bertz CT molecular complexity index is 256. The summed E-state index contributed by atoms with van der Waals surface area (Å²) in [4.78, 5) is 0. The third-order valence-electron chi connectivity index (χ3n) is 1.11. The van der Waals surface area contributed by atoms with E-state index < -0.39 is 0 Å². The van der Waals surface area contributed by atoms with Crippen molar-refractivity contribution in [1.82, 2.24) is 18.9 Å². The summed E-state index contributed by atoms with van der Waals surface area (Å²) in [6, 6.07) is 1.92. The molecular formula is C9H16N4S. The Kier molecular flexibility index (Phi) is 7.64. The molecule has 0 spiro atoms. The van der Waals surface area contributed by atoms with Gasteiger partial charge in [0.1, 0.15) is 0 Å². The van der Waals surface area contributed by atoms with Crippen molar-refractivity contribution >= 4 is 11.7 Å². The fraction of sp³-hybridized carbons (Fsp3) is 0.444. The first-order valence-electron chi connectivity index (χ1n) is 4.49. The van der Waals surface area contributed by atoms with Gasteiger partial charge in [0.15, 0.2) is 0 Å². The summed E-state index contributed by atoms with van der Waals surface area (Å²) in [6.07, 6.45) is 3.47. The van der Waals surface area contributed by atoms with Crippen LogP contribution in [0.2, 0.25) is 0 Å². The number of aryl methyl sites for hydroxylation is 2. The van der Waals surface area contributed by atoms with E-state index in [1.54, 1.807) is 12.4 Å². The number of nitrogens with zero attached hydrogens (tertiary/aromatic N) is 3. The highest BCUT2D eigenvalue weighted by Crippen LogP contribution is 1.87. The minimum absolute atomic E-state index is 1.00. The van der Waals surface area contributed by atoms with Crippen LogP contribution in [0.4, 0.5) is 0 Å². The molecule has 1 N–H and O–H groups in total. The summed E-state index contributed by atoms with van der Waals surface area (Å²) < 4.78 is 7.60. The molecule has 0 aliphatic heterocycles. The molecule has 0 radical (unpaired) electrons. The predicted octanol–water partition coefficient (Wildman–Crippen LogP) is 2.59. The molecule has 2 rings (SSSR count). The molecule has 5 heteroatoms. The van der Waals surface area contributed by atoms with Gasteiger partial charge in [-0.1, -0.05) is 13.8 Å². The van der Waals surface area contributed by atoms with Crippen molar-refractivity contribution in [3.63, 3.8) is 0 Å². The van der Waals surface area contributed by atoms with Gasteiger partial charge in [0.2, 0.25) is 0 Å². The largest absolute Gasteiger partial charge is 0.283 e. The maximum atomic E-state index is 3.85. The summed E-state index contributed by atoms with van der Waals surface area (Å²) in [5.41, 5.74) is 2.11. The quantitative estimate of drug-likeness (QED) is 0.730. The third kappa shape index (κ3) is 6.30. The lowest BCUT2D eigenvalue weighted by Crippen LogP contribution is -1.65. The zero-order valence-corrected chi connectivity index (χ0v) is 9.80. The van der Waals surface area contributed by atoms with Crippen molar-refractivity contribution in [3.05, 3.63) is 29.8 Å². The van der Waals surface area contributed by atoms with Gasteiger partial charge in [0.05, 0.1) is 23.6 Å². The number of H-pyrrole nitrogens is 1. The summed E-state index contributed by atoms with van der Waals surface area (Å²) >= 11 is 1.24. The second-order valence-corrected chi connectivity index (χ2v) is 2.85. The Hall–Kier alpha value is -1.23. The highest BCUT2D eigenvalue weighted by molar-refractivity contribution is 6.99. The first-order chi connectivity index (χ1) is 6.79. The molecule has 78 valence electrons. The molecule has 2 heterocycles. The highest BCUT2D eigenvalue weighted by atomic mass is 32.1. The van der Waals surface area contributed by atoms with Gasteiger partial charge >= 0.3 is 0 Å². The predicted molar refractivity (Wildman–Crippen MR) is 59.3 cm³/mol. The maximum absolute atomic E-state index is 3.85. The van der Waals surface area contributed by atoms with Gasteiger partial charge in [-0.25, -0.2) is 0 Å². The summed E-state index contributed by atoms with van der Waals surface area (Å²) in [5, 5.41) is 6.45. The van der Waals surface area contributed by atoms with Gasteiger partial charge in [0.25, 0.3) is 0 Å². The number of nitrogens with one attached hydrogen (secondary N) is 1. The van der Waals surface area contributed by atoms with E-state index in [1.807, 2.05) is 33.8 Å². The molecule has 0 saturated carbocycles. The van der Waals surface area contributed by atoms with Gasteiger partial charge in [-0.2, -0.15) is 13.8 Å². The molecule has 14 heavy (non-hydrogen) atoms. The van der Waals surface area contributed by atoms with E-state index in [0.29, 0.717) is 0 Å².